The summed E-state index contributed by atoms with van der Waals surface area (Å²) < 4.78 is 14.6. The number of pyridine rings is 1. The largest absolute Gasteiger partial charge is 0.347 e. The highest BCUT2D eigenvalue weighted by Crippen LogP contribution is 2.12. The van der Waals surface area contributed by atoms with Gasteiger partial charge in [-0.1, -0.05) is 18.2 Å². The maximum Gasteiger partial charge on any atom is 0.270 e. The van der Waals surface area contributed by atoms with Gasteiger partial charge in [0, 0.05) is 12.7 Å². The quantitative estimate of drug-likeness (QED) is 0.803. The Labute approximate surface area is 121 Å². The molecule has 0 unspecified atom stereocenters. The zero-order valence-corrected chi connectivity index (χ0v) is 11.5. The van der Waals surface area contributed by atoms with Crippen LogP contribution in [0.2, 0.25) is 0 Å². The van der Waals surface area contributed by atoms with Crippen molar-refractivity contribution in [1.29, 1.82) is 0 Å². The molecule has 0 bridgehead atoms. The number of fused-ring (bicyclic) bond motifs is 1. The summed E-state index contributed by atoms with van der Waals surface area (Å²) in [4.78, 5) is 16.7. The second-order valence-electron chi connectivity index (χ2n) is 4.78. The van der Waals surface area contributed by atoms with Gasteiger partial charge in [0.2, 0.25) is 0 Å². The summed E-state index contributed by atoms with van der Waals surface area (Å²) in [6.45, 7) is 2.15. The van der Waals surface area contributed by atoms with Gasteiger partial charge >= 0.3 is 0 Å². The number of benzene rings is 1. The number of nitrogens with one attached hydrogen (secondary N) is 1. The van der Waals surface area contributed by atoms with Crippen LogP contribution in [0.25, 0.3) is 5.65 Å². The molecular weight excluding hydrogens is 269 g/mol. The predicted octanol–water partition coefficient (Wildman–Crippen LogP) is 2.71. The number of aromatic nitrogens is 2. The monoisotopic (exact) mass is 283 g/mol. The Balaban J connectivity index is 1.81. The van der Waals surface area contributed by atoms with E-state index < -0.39 is 0 Å². The van der Waals surface area contributed by atoms with Crippen LogP contribution >= 0.6 is 0 Å². The first kappa shape index (κ1) is 13.3. The molecule has 4 nitrogen and oxygen atoms in total. The standard InChI is InChI=1S/C16H14FN3O/c1-11-15(20-9-3-2-4-14(20)19-11)16(21)18-10-12-5-7-13(17)8-6-12/h2-9H,10H2,1H3,(H,18,21). The Morgan fingerprint density at radius 2 is 2.00 bits per heavy atom. The Morgan fingerprint density at radius 3 is 2.76 bits per heavy atom. The number of rotatable bonds is 3. The molecule has 1 amide bonds. The van der Waals surface area contributed by atoms with E-state index in [0.29, 0.717) is 17.9 Å². The van der Waals surface area contributed by atoms with Gasteiger partial charge in [-0.25, -0.2) is 9.37 Å². The molecule has 3 rings (SSSR count). The van der Waals surface area contributed by atoms with Gasteiger partial charge in [0.25, 0.3) is 5.91 Å². The van der Waals surface area contributed by atoms with Gasteiger partial charge in [0.1, 0.15) is 17.2 Å². The van der Waals surface area contributed by atoms with Crippen molar-refractivity contribution in [3.63, 3.8) is 0 Å². The van der Waals surface area contributed by atoms with Crippen LogP contribution in [0.5, 0.6) is 0 Å². The molecule has 2 heterocycles. The van der Waals surface area contributed by atoms with Crippen LogP contribution in [-0.2, 0) is 6.54 Å². The molecule has 1 N–H and O–H groups in total. The fourth-order valence-corrected chi connectivity index (χ4v) is 2.26. The number of carbonyl (C=O) groups excluding carboxylic acids is 1. The maximum atomic E-state index is 12.8. The average molecular weight is 283 g/mol. The summed E-state index contributed by atoms with van der Waals surface area (Å²) in [5.41, 5.74) is 2.78. The van der Waals surface area contributed by atoms with Crippen LogP contribution in [0.15, 0.2) is 48.7 Å². The van der Waals surface area contributed by atoms with E-state index in [2.05, 4.69) is 10.3 Å². The zero-order chi connectivity index (χ0) is 14.8. The molecule has 0 aliphatic carbocycles. The third kappa shape index (κ3) is 2.63. The van der Waals surface area contributed by atoms with Crippen molar-refractivity contribution in [1.82, 2.24) is 14.7 Å². The molecule has 21 heavy (non-hydrogen) atoms. The van der Waals surface area contributed by atoms with Gasteiger partial charge in [0.05, 0.1) is 5.69 Å². The molecule has 2 aromatic heterocycles. The topological polar surface area (TPSA) is 46.4 Å². The van der Waals surface area contributed by atoms with Gasteiger partial charge in [-0.2, -0.15) is 0 Å². The molecule has 0 saturated heterocycles. The first-order chi connectivity index (χ1) is 10.1. The first-order valence-electron chi connectivity index (χ1n) is 6.61. The minimum Gasteiger partial charge on any atom is -0.347 e. The average Bonchev–Trinajstić information content (AvgIpc) is 2.82. The molecule has 3 aromatic rings. The summed E-state index contributed by atoms with van der Waals surface area (Å²) in [5.74, 6) is -0.488. The SMILES string of the molecule is Cc1nc2ccccn2c1C(=O)NCc1ccc(F)cc1. The fraction of sp³-hybridized carbons (Fsp3) is 0.125. The summed E-state index contributed by atoms with van der Waals surface area (Å²) in [6.07, 6.45) is 1.81. The molecule has 0 aliphatic heterocycles. The lowest BCUT2D eigenvalue weighted by molar-refractivity contribution is 0.0944. The molecule has 0 fully saturated rings. The van der Waals surface area contributed by atoms with Gasteiger partial charge in [-0.3, -0.25) is 9.20 Å². The van der Waals surface area contributed by atoms with Crippen LogP contribution in [0.3, 0.4) is 0 Å². The van der Waals surface area contributed by atoms with E-state index >= 15 is 0 Å². The molecular formula is C16H14FN3O. The van der Waals surface area contributed by atoms with Crippen molar-refractivity contribution in [3.8, 4) is 0 Å². The molecule has 0 aliphatic rings. The van der Waals surface area contributed by atoms with E-state index in [1.165, 1.54) is 12.1 Å². The number of amides is 1. The van der Waals surface area contributed by atoms with Crippen LogP contribution in [0, 0.1) is 12.7 Å². The van der Waals surface area contributed by atoms with E-state index in [1.54, 1.807) is 23.5 Å². The zero-order valence-electron chi connectivity index (χ0n) is 11.5. The van der Waals surface area contributed by atoms with Crippen LogP contribution in [0.1, 0.15) is 21.7 Å². The van der Waals surface area contributed by atoms with Crippen LogP contribution in [0.4, 0.5) is 4.39 Å². The van der Waals surface area contributed by atoms with Crippen molar-refractivity contribution in [2.24, 2.45) is 0 Å². The third-order valence-corrected chi connectivity index (χ3v) is 3.29. The molecule has 0 atom stereocenters. The summed E-state index contributed by atoms with van der Waals surface area (Å²) in [7, 11) is 0. The number of hydrogen-bond acceptors (Lipinski definition) is 2. The lowest BCUT2D eigenvalue weighted by Crippen LogP contribution is -2.24. The number of nitrogens with zero attached hydrogens (tertiary/aromatic N) is 2. The number of imidazole rings is 1. The lowest BCUT2D eigenvalue weighted by atomic mass is 10.2. The third-order valence-electron chi connectivity index (χ3n) is 3.29. The van der Waals surface area contributed by atoms with Gasteiger partial charge in [-0.05, 0) is 36.8 Å². The van der Waals surface area contributed by atoms with Gasteiger partial charge in [0.15, 0.2) is 0 Å². The van der Waals surface area contributed by atoms with E-state index in [-0.39, 0.29) is 11.7 Å². The van der Waals surface area contributed by atoms with Crippen molar-refractivity contribution < 1.29 is 9.18 Å². The summed E-state index contributed by atoms with van der Waals surface area (Å²) >= 11 is 0. The highest BCUT2D eigenvalue weighted by atomic mass is 19.1. The highest BCUT2D eigenvalue weighted by molar-refractivity contribution is 5.94. The normalized spacial score (nSPS) is 10.8. The maximum absolute atomic E-state index is 12.8. The second kappa shape index (κ2) is 5.36. The minimum atomic E-state index is -0.289. The lowest BCUT2D eigenvalue weighted by Gasteiger charge is -2.06. The molecule has 0 saturated carbocycles. The van der Waals surface area contributed by atoms with E-state index in [1.807, 2.05) is 24.4 Å². The molecule has 0 radical (unpaired) electrons. The van der Waals surface area contributed by atoms with Crippen molar-refractivity contribution in [2.75, 3.05) is 0 Å². The van der Waals surface area contributed by atoms with Gasteiger partial charge in [-0.15, -0.1) is 0 Å². The molecule has 106 valence electrons. The van der Waals surface area contributed by atoms with Crippen LogP contribution in [-0.4, -0.2) is 15.3 Å². The second-order valence-corrected chi connectivity index (χ2v) is 4.78. The van der Waals surface area contributed by atoms with E-state index in [9.17, 15) is 9.18 Å². The number of hydrogen-bond donors (Lipinski definition) is 1. The first-order valence-corrected chi connectivity index (χ1v) is 6.61. The van der Waals surface area contributed by atoms with Gasteiger partial charge < -0.3 is 5.32 Å². The van der Waals surface area contributed by atoms with E-state index in [4.69, 9.17) is 0 Å². The Kier molecular flexibility index (Phi) is 3.39. The highest BCUT2D eigenvalue weighted by Gasteiger charge is 2.15. The summed E-state index contributed by atoms with van der Waals surface area (Å²) in [5, 5.41) is 2.83. The van der Waals surface area contributed by atoms with Crippen molar-refractivity contribution in [2.45, 2.75) is 13.5 Å². The number of aryl methyl sites for hydroxylation is 1. The number of halogens is 1. The molecule has 5 heteroatoms. The van der Waals surface area contributed by atoms with Crippen molar-refractivity contribution >= 4 is 11.6 Å². The summed E-state index contributed by atoms with van der Waals surface area (Å²) in [6, 6.07) is 11.6. The molecule has 1 aromatic carbocycles. The number of carbonyl (C=O) groups is 1. The van der Waals surface area contributed by atoms with Crippen molar-refractivity contribution in [3.05, 3.63) is 71.4 Å². The Morgan fingerprint density at radius 1 is 1.24 bits per heavy atom. The predicted molar refractivity (Wildman–Crippen MR) is 77.5 cm³/mol. The fourth-order valence-electron chi connectivity index (χ4n) is 2.26. The minimum absolute atomic E-state index is 0.199. The Hall–Kier alpha value is -2.69. The van der Waals surface area contributed by atoms with Crippen LogP contribution < -0.4 is 5.32 Å². The van der Waals surface area contributed by atoms with E-state index in [0.717, 1.165) is 11.2 Å². The molecule has 0 spiro atoms. The Bertz CT molecular complexity index is 793. The smallest absolute Gasteiger partial charge is 0.270 e.